The lowest BCUT2D eigenvalue weighted by Crippen LogP contribution is -2.53. The standard InChI is InChI=1S/C14H14ClI2N5O/c1-7-4-9-10-12(11(7)15)18-5-8-6-20(16)2-3-21(8)13(10)19-14(23)22(9)17/h4,8,18H,2-3,5-6H2,1H3. The number of hydrogen-bond donors (Lipinski definition) is 1. The zero-order valence-electron chi connectivity index (χ0n) is 12.3. The fraction of sp³-hybridized carbons (Fsp3) is 0.429. The zero-order chi connectivity index (χ0) is 16.3. The fourth-order valence-electron chi connectivity index (χ4n) is 3.31. The number of benzene rings is 1. The second kappa shape index (κ2) is 5.88. The second-order valence-corrected chi connectivity index (χ2v) is 8.58. The molecule has 4 rings (SSSR count). The van der Waals surface area contributed by atoms with Gasteiger partial charge < -0.3 is 10.2 Å². The van der Waals surface area contributed by atoms with E-state index in [0.717, 1.165) is 54.2 Å². The third-order valence-corrected chi connectivity index (χ3v) is 6.75. The molecule has 1 aromatic carbocycles. The molecule has 0 spiro atoms. The van der Waals surface area contributed by atoms with Crippen LogP contribution >= 0.6 is 57.3 Å². The number of hydrogen-bond acceptors (Lipinski definition) is 5. The van der Waals surface area contributed by atoms with Gasteiger partial charge in [0, 0.05) is 49.0 Å². The first-order valence-electron chi connectivity index (χ1n) is 7.30. The smallest absolute Gasteiger partial charge is 0.359 e. The first-order valence-corrected chi connectivity index (χ1v) is 9.61. The number of aryl methyl sites for hydroxylation is 1. The summed E-state index contributed by atoms with van der Waals surface area (Å²) in [5, 5.41) is 5.16. The van der Waals surface area contributed by atoms with Gasteiger partial charge in [0.15, 0.2) is 0 Å². The quantitative estimate of drug-likeness (QED) is 0.399. The molecule has 2 aliphatic heterocycles. The molecule has 3 heterocycles. The Kier molecular flexibility index (Phi) is 4.13. The average Bonchev–Trinajstić information content (AvgIpc) is 2.67. The van der Waals surface area contributed by atoms with Gasteiger partial charge in [-0.2, -0.15) is 4.98 Å². The lowest BCUT2D eigenvalue weighted by atomic mass is 10.1. The first kappa shape index (κ1) is 16.2. The number of anilines is 2. The summed E-state index contributed by atoms with van der Waals surface area (Å²) in [6, 6.07) is 2.24. The van der Waals surface area contributed by atoms with Crippen molar-refractivity contribution in [2.75, 3.05) is 36.4 Å². The molecule has 23 heavy (non-hydrogen) atoms. The minimum atomic E-state index is -0.238. The normalized spacial score (nSPS) is 21.0. The van der Waals surface area contributed by atoms with Crippen LogP contribution in [0.1, 0.15) is 5.56 Å². The van der Waals surface area contributed by atoms with Crippen molar-refractivity contribution >= 4 is 79.7 Å². The summed E-state index contributed by atoms with van der Waals surface area (Å²) in [5.41, 5.74) is 2.48. The molecule has 1 aromatic heterocycles. The summed E-state index contributed by atoms with van der Waals surface area (Å²) in [6.45, 7) is 5.47. The Morgan fingerprint density at radius 2 is 2.17 bits per heavy atom. The lowest BCUT2D eigenvalue weighted by Gasteiger charge is -2.38. The van der Waals surface area contributed by atoms with E-state index in [-0.39, 0.29) is 11.7 Å². The molecule has 1 atom stereocenters. The van der Waals surface area contributed by atoms with E-state index in [4.69, 9.17) is 11.6 Å². The maximum Gasteiger partial charge on any atom is 0.359 e. The summed E-state index contributed by atoms with van der Waals surface area (Å²) in [4.78, 5) is 19.0. The largest absolute Gasteiger partial charge is 0.381 e. The van der Waals surface area contributed by atoms with Gasteiger partial charge in [-0.25, -0.2) is 10.7 Å². The second-order valence-electron chi connectivity index (χ2n) is 5.87. The minimum Gasteiger partial charge on any atom is -0.381 e. The van der Waals surface area contributed by atoms with Crippen LogP contribution in [0.4, 0.5) is 11.5 Å². The number of nitrogens with one attached hydrogen (secondary N) is 1. The van der Waals surface area contributed by atoms with Gasteiger partial charge in [0.2, 0.25) is 0 Å². The molecule has 2 aliphatic rings. The highest BCUT2D eigenvalue weighted by Crippen LogP contribution is 2.41. The first-order chi connectivity index (χ1) is 11.0. The van der Waals surface area contributed by atoms with Crippen molar-refractivity contribution in [2.45, 2.75) is 13.0 Å². The van der Waals surface area contributed by atoms with E-state index in [1.54, 1.807) is 2.78 Å². The van der Waals surface area contributed by atoms with Crippen LogP contribution in [0.2, 0.25) is 5.02 Å². The maximum absolute atomic E-state index is 12.3. The van der Waals surface area contributed by atoms with Crippen molar-refractivity contribution in [3.8, 4) is 0 Å². The third kappa shape index (κ3) is 2.52. The van der Waals surface area contributed by atoms with Crippen molar-refractivity contribution in [2.24, 2.45) is 0 Å². The molecule has 1 unspecified atom stereocenters. The van der Waals surface area contributed by atoms with Gasteiger partial charge in [-0.1, -0.05) is 11.6 Å². The van der Waals surface area contributed by atoms with E-state index >= 15 is 0 Å². The van der Waals surface area contributed by atoms with E-state index in [1.807, 2.05) is 35.9 Å². The summed E-state index contributed by atoms with van der Waals surface area (Å²) in [6.07, 6.45) is 0. The molecule has 0 amide bonds. The highest BCUT2D eigenvalue weighted by atomic mass is 127. The zero-order valence-corrected chi connectivity index (χ0v) is 17.4. The number of piperazine rings is 1. The monoisotopic (exact) mass is 557 g/mol. The Labute approximate surface area is 166 Å². The molecule has 0 saturated carbocycles. The van der Waals surface area contributed by atoms with Gasteiger partial charge >= 0.3 is 5.69 Å². The van der Waals surface area contributed by atoms with Gasteiger partial charge in [0.1, 0.15) is 5.82 Å². The molecule has 0 bridgehead atoms. The molecule has 0 radical (unpaired) electrons. The Hall–Kier alpha value is -0.330. The Morgan fingerprint density at radius 3 is 2.96 bits per heavy atom. The van der Waals surface area contributed by atoms with Crippen LogP contribution in [0.5, 0.6) is 0 Å². The molecule has 1 fully saturated rings. The number of halogens is 3. The molecule has 1 N–H and O–H groups in total. The van der Waals surface area contributed by atoms with Crippen LogP contribution in [0, 0.1) is 6.92 Å². The lowest BCUT2D eigenvalue weighted by molar-refractivity contribution is 0.391. The molecule has 0 aliphatic carbocycles. The van der Waals surface area contributed by atoms with Crippen LogP contribution in [-0.4, -0.2) is 43.1 Å². The van der Waals surface area contributed by atoms with Crippen molar-refractivity contribution in [3.63, 3.8) is 0 Å². The van der Waals surface area contributed by atoms with Crippen LogP contribution in [0.15, 0.2) is 10.9 Å². The number of nitrogens with zero attached hydrogens (tertiary/aromatic N) is 4. The number of rotatable bonds is 0. The molecule has 122 valence electrons. The SMILES string of the molecule is Cc1cc2c3c(nc(=O)n2I)N2CCN(I)CC2CNc3c1Cl. The molecule has 2 aromatic rings. The van der Waals surface area contributed by atoms with Crippen LogP contribution in [0.25, 0.3) is 10.9 Å². The summed E-state index contributed by atoms with van der Waals surface area (Å²) >= 11 is 10.9. The van der Waals surface area contributed by atoms with E-state index in [1.165, 1.54) is 0 Å². The predicted molar refractivity (Wildman–Crippen MR) is 110 cm³/mol. The fourth-order valence-corrected chi connectivity index (χ4v) is 4.69. The Balaban J connectivity index is 2.06. The molecular weight excluding hydrogens is 543 g/mol. The summed E-state index contributed by atoms with van der Waals surface area (Å²) in [7, 11) is 0. The van der Waals surface area contributed by atoms with Gasteiger partial charge in [0.05, 0.1) is 50.5 Å². The average molecular weight is 558 g/mol. The third-order valence-electron chi connectivity index (χ3n) is 4.45. The van der Waals surface area contributed by atoms with Gasteiger partial charge in [-0.3, -0.25) is 0 Å². The van der Waals surface area contributed by atoms with Crippen molar-refractivity contribution in [1.29, 1.82) is 0 Å². The Morgan fingerprint density at radius 1 is 1.39 bits per heavy atom. The summed E-state index contributed by atoms with van der Waals surface area (Å²) < 4.78 is 3.85. The molecule has 1 saturated heterocycles. The van der Waals surface area contributed by atoms with E-state index in [0.29, 0.717) is 5.02 Å². The van der Waals surface area contributed by atoms with Crippen molar-refractivity contribution < 1.29 is 0 Å². The van der Waals surface area contributed by atoms with Crippen LogP contribution in [-0.2, 0) is 0 Å². The Bertz CT molecular complexity index is 871. The summed E-state index contributed by atoms with van der Waals surface area (Å²) in [5.74, 6) is 0.759. The molecule has 9 heteroatoms. The van der Waals surface area contributed by atoms with E-state index in [9.17, 15) is 4.79 Å². The molecule has 6 nitrogen and oxygen atoms in total. The molecular formula is C14H14ClI2N5O. The highest BCUT2D eigenvalue weighted by Gasteiger charge is 2.33. The predicted octanol–water partition coefficient (Wildman–Crippen LogP) is 2.82. The number of aromatic nitrogens is 2. The van der Waals surface area contributed by atoms with Crippen LogP contribution in [0.3, 0.4) is 0 Å². The van der Waals surface area contributed by atoms with Gasteiger partial charge in [0.25, 0.3) is 0 Å². The van der Waals surface area contributed by atoms with Gasteiger partial charge in [-0.05, 0) is 18.6 Å². The number of fused-ring (bicyclic) bond motifs is 2. The topological polar surface area (TPSA) is 53.4 Å². The van der Waals surface area contributed by atoms with E-state index < -0.39 is 0 Å². The van der Waals surface area contributed by atoms with Crippen LogP contribution < -0.4 is 15.9 Å². The van der Waals surface area contributed by atoms with Gasteiger partial charge in [-0.15, -0.1) is 0 Å². The minimum absolute atomic E-state index is 0.238. The highest BCUT2D eigenvalue weighted by molar-refractivity contribution is 14.1. The van der Waals surface area contributed by atoms with Crippen molar-refractivity contribution in [1.82, 2.24) is 10.9 Å². The maximum atomic E-state index is 12.3. The van der Waals surface area contributed by atoms with E-state index in [2.05, 4.69) is 41.2 Å². The van der Waals surface area contributed by atoms with Crippen molar-refractivity contribution in [3.05, 3.63) is 27.1 Å².